The molecule has 0 spiro atoms. The summed E-state index contributed by atoms with van der Waals surface area (Å²) in [6, 6.07) is 5.60. The van der Waals surface area contributed by atoms with Crippen molar-refractivity contribution in [3.05, 3.63) is 39.9 Å². The highest BCUT2D eigenvalue weighted by molar-refractivity contribution is 7.15. The van der Waals surface area contributed by atoms with Crippen molar-refractivity contribution in [2.75, 3.05) is 0 Å². The highest BCUT2D eigenvalue weighted by atomic mass is 32.1. The van der Waals surface area contributed by atoms with Crippen LogP contribution in [-0.4, -0.2) is 10.9 Å². The largest absolute Gasteiger partial charge is 0.366 e. The van der Waals surface area contributed by atoms with E-state index in [0.717, 1.165) is 21.8 Å². The quantitative estimate of drug-likeness (QED) is 0.928. The predicted molar refractivity (Wildman–Crippen MR) is 79.6 cm³/mol. The van der Waals surface area contributed by atoms with Gasteiger partial charge in [-0.25, -0.2) is 4.98 Å². The molecule has 0 aliphatic rings. The van der Waals surface area contributed by atoms with Crippen LogP contribution in [0.5, 0.6) is 0 Å². The molecular formula is C15H18N2OS. The second-order valence-corrected chi connectivity index (χ2v) is 6.16. The number of carbonyl (C=O) groups is 1. The normalized spacial score (nSPS) is 11.0. The molecule has 0 fully saturated rings. The van der Waals surface area contributed by atoms with Gasteiger partial charge in [-0.15, -0.1) is 11.3 Å². The van der Waals surface area contributed by atoms with Crippen molar-refractivity contribution in [1.82, 2.24) is 4.98 Å². The Balaban J connectivity index is 2.56. The van der Waals surface area contributed by atoms with E-state index < -0.39 is 5.91 Å². The summed E-state index contributed by atoms with van der Waals surface area (Å²) in [5, 5.41) is 0.960. The Morgan fingerprint density at radius 2 is 2.00 bits per heavy atom. The monoisotopic (exact) mass is 274 g/mol. The van der Waals surface area contributed by atoms with Gasteiger partial charge >= 0.3 is 0 Å². The highest BCUT2D eigenvalue weighted by Crippen LogP contribution is 2.33. The number of hydrogen-bond donors (Lipinski definition) is 1. The Morgan fingerprint density at radius 1 is 1.32 bits per heavy atom. The first-order valence-corrected chi connectivity index (χ1v) is 7.10. The van der Waals surface area contributed by atoms with E-state index in [2.05, 4.69) is 20.8 Å². The molecule has 0 atom stereocenters. The average molecular weight is 274 g/mol. The topological polar surface area (TPSA) is 56.0 Å². The van der Waals surface area contributed by atoms with Crippen LogP contribution in [0, 0.1) is 13.8 Å². The Kier molecular flexibility index (Phi) is 3.71. The molecule has 1 amide bonds. The maximum Gasteiger partial charge on any atom is 0.248 e. The number of aromatic nitrogens is 1. The minimum absolute atomic E-state index is 0.392. The lowest BCUT2D eigenvalue weighted by molar-refractivity contribution is 0.1000. The Bertz CT molecular complexity index is 629. The molecule has 4 heteroatoms. The second kappa shape index (κ2) is 5.13. The molecule has 0 saturated carbocycles. The fourth-order valence-electron chi connectivity index (χ4n) is 2.19. The van der Waals surface area contributed by atoms with Crippen LogP contribution >= 0.6 is 11.3 Å². The summed E-state index contributed by atoms with van der Waals surface area (Å²) in [4.78, 5) is 17.3. The number of primary amides is 1. The minimum Gasteiger partial charge on any atom is -0.366 e. The Hall–Kier alpha value is -1.68. The molecule has 0 aliphatic carbocycles. The maximum absolute atomic E-state index is 11.4. The van der Waals surface area contributed by atoms with Gasteiger partial charge in [-0.05, 0) is 31.4 Å². The van der Waals surface area contributed by atoms with Gasteiger partial charge in [-0.3, -0.25) is 4.79 Å². The summed E-state index contributed by atoms with van der Waals surface area (Å²) in [6.45, 7) is 8.28. The second-order valence-electron chi connectivity index (χ2n) is 4.96. The summed E-state index contributed by atoms with van der Waals surface area (Å²) < 4.78 is 0. The maximum atomic E-state index is 11.4. The molecule has 0 radical (unpaired) electrons. The van der Waals surface area contributed by atoms with Crippen molar-refractivity contribution in [3.8, 4) is 10.6 Å². The zero-order chi connectivity index (χ0) is 14.2. The summed E-state index contributed by atoms with van der Waals surface area (Å²) in [5.41, 5.74) is 8.98. The van der Waals surface area contributed by atoms with Crippen molar-refractivity contribution < 1.29 is 4.79 Å². The van der Waals surface area contributed by atoms with E-state index in [1.807, 2.05) is 19.1 Å². The van der Waals surface area contributed by atoms with Gasteiger partial charge in [0, 0.05) is 16.0 Å². The highest BCUT2D eigenvalue weighted by Gasteiger charge is 2.16. The Morgan fingerprint density at radius 3 is 2.53 bits per heavy atom. The molecule has 0 bridgehead atoms. The number of aryl methyl sites for hydroxylation is 1. The van der Waals surface area contributed by atoms with Crippen LogP contribution in [0.25, 0.3) is 10.6 Å². The van der Waals surface area contributed by atoms with Gasteiger partial charge in [0.1, 0.15) is 5.01 Å². The lowest BCUT2D eigenvalue weighted by Gasteiger charge is -2.06. The van der Waals surface area contributed by atoms with Crippen LogP contribution in [0.15, 0.2) is 18.2 Å². The van der Waals surface area contributed by atoms with Crippen LogP contribution in [0.1, 0.15) is 46.3 Å². The van der Waals surface area contributed by atoms with Crippen LogP contribution in [0.2, 0.25) is 0 Å². The van der Waals surface area contributed by atoms with Gasteiger partial charge in [0.15, 0.2) is 0 Å². The van der Waals surface area contributed by atoms with Crippen molar-refractivity contribution in [3.63, 3.8) is 0 Å². The summed E-state index contributed by atoms with van der Waals surface area (Å²) in [6.07, 6.45) is 0. The molecule has 1 heterocycles. The van der Waals surface area contributed by atoms with Crippen LogP contribution in [-0.2, 0) is 0 Å². The van der Waals surface area contributed by atoms with E-state index in [1.54, 1.807) is 17.4 Å². The van der Waals surface area contributed by atoms with Gasteiger partial charge in [-0.1, -0.05) is 26.0 Å². The van der Waals surface area contributed by atoms with E-state index in [1.165, 1.54) is 4.88 Å². The molecule has 0 unspecified atom stereocenters. The lowest BCUT2D eigenvalue weighted by Crippen LogP contribution is -2.12. The first-order valence-electron chi connectivity index (χ1n) is 6.29. The van der Waals surface area contributed by atoms with Gasteiger partial charge in [-0.2, -0.15) is 0 Å². The van der Waals surface area contributed by atoms with Crippen LogP contribution < -0.4 is 5.73 Å². The molecule has 2 aromatic rings. The van der Waals surface area contributed by atoms with E-state index in [0.29, 0.717) is 11.5 Å². The van der Waals surface area contributed by atoms with Gasteiger partial charge in [0.25, 0.3) is 0 Å². The number of benzene rings is 1. The van der Waals surface area contributed by atoms with Crippen molar-refractivity contribution in [2.24, 2.45) is 5.73 Å². The van der Waals surface area contributed by atoms with Gasteiger partial charge in [0.2, 0.25) is 5.91 Å². The molecule has 3 nitrogen and oxygen atoms in total. The number of nitrogens with two attached hydrogens (primary N) is 1. The number of carbonyl (C=O) groups excluding carboxylic acids is 1. The first kappa shape index (κ1) is 13.7. The van der Waals surface area contributed by atoms with Crippen LogP contribution in [0.4, 0.5) is 0 Å². The molecular weight excluding hydrogens is 256 g/mol. The summed E-state index contributed by atoms with van der Waals surface area (Å²) >= 11 is 1.67. The fourth-order valence-corrected chi connectivity index (χ4v) is 3.34. The van der Waals surface area contributed by atoms with Gasteiger partial charge < -0.3 is 5.73 Å². The minimum atomic E-state index is -0.392. The summed E-state index contributed by atoms with van der Waals surface area (Å²) in [5.74, 6) is 0.0151. The molecule has 2 rings (SSSR count). The van der Waals surface area contributed by atoms with Crippen molar-refractivity contribution in [2.45, 2.75) is 33.6 Å². The average Bonchev–Trinajstić information content (AvgIpc) is 2.71. The number of rotatable bonds is 3. The number of amides is 1. The summed E-state index contributed by atoms with van der Waals surface area (Å²) in [7, 11) is 0. The van der Waals surface area contributed by atoms with Crippen molar-refractivity contribution in [1.29, 1.82) is 0 Å². The SMILES string of the molecule is Cc1sc(-c2cccc(C(N)=O)c2C)nc1C(C)C. The third kappa shape index (κ3) is 2.54. The third-order valence-electron chi connectivity index (χ3n) is 3.21. The molecule has 0 aliphatic heterocycles. The van der Waals surface area contributed by atoms with E-state index in [9.17, 15) is 4.79 Å². The zero-order valence-electron chi connectivity index (χ0n) is 11.7. The van der Waals surface area contributed by atoms with E-state index in [4.69, 9.17) is 10.7 Å². The Labute approximate surface area is 117 Å². The molecule has 19 heavy (non-hydrogen) atoms. The molecule has 1 aromatic heterocycles. The number of hydrogen-bond acceptors (Lipinski definition) is 3. The first-order chi connectivity index (χ1) is 8.91. The molecule has 1 aromatic carbocycles. The van der Waals surface area contributed by atoms with Gasteiger partial charge in [0.05, 0.1) is 5.69 Å². The molecule has 0 saturated heterocycles. The standard InChI is InChI=1S/C15H18N2OS/c1-8(2)13-10(4)19-15(17-13)12-7-5-6-11(9(12)3)14(16)18/h5-8H,1-4H3,(H2,16,18). The zero-order valence-corrected chi connectivity index (χ0v) is 12.5. The van der Waals surface area contributed by atoms with E-state index in [-0.39, 0.29) is 0 Å². The molecule has 100 valence electrons. The third-order valence-corrected chi connectivity index (χ3v) is 4.23. The predicted octanol–water partition coefficient (Wildman–Crippen LogP) is 3.65. The van der Waals surface area contributed by atoms with Crippen molar-refractivity contribution >= 4 is 17.2 Å². The van der Waals surface area contributed by atoms with Crippen LogP contribution in [0.3, 0.4) is 0 Å². The number of nitrogens with zero attached hydrogens (tertiary/aromatic N) is 1. The number of thiazole rings is 1. The lowest BCUT2D eigenvalue weighted by atomic mass is 10.0. The molecule has 2 N–H and O–H groups in total. The smallest absolute Gasteiger partial charge is 0.248 e. The fraction of sp³-hybridized carbons (Fsp3) is 0.333. The van der Waals surface area contributed by atoms with E-state index >= 15 is 0 Å².